The highest BCUT2D eigenvalue weighted by molar-refractivity contribution is 5.42. The summed E-state index contributed by atoms with van der Waals surface area (Å²) in [5.41, 5.74) is 3.61. The molecule has 0 bridgehead atoms. The summed E-state index contributed by atoms with van der Waals surface area (Å²) in [6, 6.07) is 14.0. The van der Waals surface area contributed by atoms with E-state index in [1.807, 2.05) is 18.2 Å². The van der Waals surface area contributed by atoms with Crippen molar-refractivity contribution in [2.24, 2.45) is 0 Å². The molecule has 0 fully saturated rings. The monoisotopic (exact) mass is 284 g/mol. The third-order valence-electron chi connectivity index (χ3n) is 4.23. The molecule has 3 rings (SSSR count). The molecule has 2 unspecified atom stereocenters. The third-order valence-corrected chi connectivity index (χ3v) is 4.23. The number of hydrogen-bond donors (Lipinski definition) is 1. The second kappa shape index (κ2) is 5.78. The Kier molecular flexibility index (Phi) is 3.84. The molecule has 110 valence electrons. The maximum atomic E-state index is 10.5. The largest absolute Gasteiger partial charge is 0.497 e. The van der Waals surface area contributed by atoms with Gasteiger partial charge in [0, 0.05) is 6.07 Å². The van der Waals surface area contributed by atoms with E-state index in [2.05, 4.69) is 24.3 Å². The maximum absolute atomic E-state index is 10.5. The molecule has 0 saturated heterocycles. The predicted octanol–water partition coefficient (Wildman–Crippen LogP) is 3.47. The Hall–Kier alpha value is -2.00. The second-order valence-electron chi connectivity index (χ2n) is 5.50. The van der Waals surface area contributed by atoms with Crippen LogP contribution in [0, 0.1) is 0 Å². The van der Waals surface area contributed by atoms with E-state index in [1.165, 1.54) is 11.1 Å². The van der Waals surface area contributed by atoms with Gasteiger partial charge in [-0.2, -0.15) is 0 Å². The summed E-state index contributed by atoms with van der Waals surface area (Å²) >= 11 is 0. The van der Waals surface area contributed by atoms with Crippen LogP contribution in [-0.2, 0) is 6.42 Å². The lowest BCUT2D eigenvalue weighted by Gasteiger charge is -2.31. The smallest absolute Gasteiger partial charge is 0.122 e. The molecule has 0 amide bonds. The summed E-state index contributed by atoms with van der Waals surface area (Å²) in [6.45, 7) is 0. The van der Waals surface area contributed by atoms with Crippen molar-refractivity contribution in [3.8, 4) is 11.5 Å². The molecule has 2 aromatic carbocycles. The van der Waals surface area contributed by atoms with Gasteiger partial charge in [-0.3, -0.25) is 0 Å². The normalized spacial score (nSPS) is 17.6. The molecule has 3 nitrogen and oxygen atoms in total. The first-order valence-electron chi connectivity index (χ1n) is 7.20. The molecule has 0 aromatic heterocycles. The van der Waals surface area contributed by atoms with Gasteiger partial charge >= 0.3 is 0 Å². The average molecular weight is 284 g/mol. The first kappa shape index (κ1) is 14.0. The number of benzene rings is 2. The summed E-state index contributed by atoms with van der Waals surface area (Å²) in [7, 11) is 3.24. The molecule has 2 aromatic rings. The molecule has 3 heteroatoms. The topological polar surface area (TPSA) is 38.7 Å². The van der Waals surface area contributed by atoms with E-state index in [-0.39, 0.29) is 0 Å². The van der Waals surface area contributed by atoms with Gasteiger partial charge < -0.3 is 14.6 Å². The highest BCUT2D eigenvalue weighted by Gasteiger charge is 2.28. The van der Waals surface area contributed by atoms with Crippen LogP contribution in [0.25, 0.3) is 0 Å². The van der Waals surface area contributed by atoms with E-state index in [9.17, 15) is 5.11 Å². The highest BCUT2D eigenvalue weighted by Crippen LogP contribution is 2.41. The van der Waals surface area contributed by atoms with Crippen LogP contribution in [0.15, 0.2) is 42.5 Å². The lowest BCUT2D eigenvalue weighted by atomic mass is 9.74. The summed E-state index contributed by atoms with van der Waals surface area (Å²) in [6.07, 6.45) is 1.27. The lowest BCUT2D eigenvalue weighted by molar-refractivity contribution is 0.153. The van der Waals surface area contributed by atoms with Gasteiger partial charge in [0.1, 0.15) is 11.5 Å². The van der Waals surface area contributed by atoms with Crippen molar-refractivity contribution in [2.45, 2.75) is 24.9 Å². The molecule has 0 radical (unpaired) electrons. The SMILES string of the molecule is COc1cc(OC)cc(C(O)CC2Cc3ccccc32)c1. The number of fused-ring (bicyclic) bond motifs is 1. The van der Waals surface area contributed by atoms with Crippen molar-refractivity contribution in [1.29, 1.82) is 0 Å². The number of rotatable bonds is 5. The average Bonchev–Trinajstić information content (AvgIpc) is 2.51. The third kappa shape index (κ3) is 2.74. The Morgan fingerprint density at radius 1 is 1.10 bits per heavy atom. The molecule has 0 aliphatic heterocycles. The summed E-state index contributed by atoms with van der Waals surface area (Å²) in [5, 5.41) is 10.5. The fourth-order valence-electron chi connectivity index (χ4n) is 3.00. The van der Waals surface area contributed by atoms with E-state index in [1.54, 1.807) is 14.2 Å². The van der Waals surface area contributed by atoms with Crippen molar-refractivity contribution in [1.82, 2.24) is 0 Å². The van der Waals surface area contributed by atoms with E-state index in [0.717, 1.165) is 18.4 Å². The van der Waals surface area contributed by atoms with Crippen LogP contribution >= 0.6 is 0 Å². The van der Waals surface area contributed by atoms with Gasteiger partial charge in [-0.05, 0) is 47.6 Å². The zero-order valence-electron chi connectivity index (χ0n) is 12.4. The number of ether oxygens (including phenoxy) is 2. The zero-order valence-corrected chi connectivity index (χ0v) is 12.4. The van der Waals surface area contributed by atoms with Gasteiger partial charge in [0.05, 0.1) is 20.3 Å². The van der Waals surface area contributed by atoms with Crippen LogP contribution in [0.1, 0.15) is 35.1 Å². The molecule has 1 aliphatic rings. The van der Waals surface area contributed by atoms with E-state index in [0.29, 0.717) is 17.4 Å². The van der Waals surface area contributed by atoms with E-state index < -0.39 is 6.10 Å². The minimum Gasteiger partial charge on any atom is -0.497 e. The van der Waals surface area contributed by atoms with Gasteiger partial charge in [0.15, 0.2) is 0 Å². The van der Waals surface area contributed by atoms with Gasteiger partial charge in [-0.1, -0.05) is 24.3 Å². The standard InChI is InChI=1S/C18H20O3/c1-20-15-8-14(9-16(11-15)21-2)18(19)10-13-7-12-5-3-4-6-17(12)13/h3-6,8-9,11,13,18-19H,7,10H2,1-2H3. The number of methoxy groups -OCH3 is 2. The Labute approximate surface area is 125 Å². The van der Waals surface area contributed by atoms with Gasteiger partial charge in [0.2, 0.25) is 0 Å². The van der Waals surface area contributed by atoms with Crippen molar-refractivity contribution in [2.75, 3.05) is 14.2 Å². The molecular weight excluding hydrogens is 264 g/mol. The molecule has 21 heavy (non-hydrogen) atoms. The Morgan fingerprint density at radius 3 is 2.38 bits per heavy atom. The van der Waals surface area contributed by atoms with Crippen molar-refractivity contribution < 1.29 is 14.6 Å². The number of aliphatic hydroxyl groups excluding tert-OH is 1. The van der Waals surface area contributed by atoms with Crippen LogP contribution in [0.4, 0.5) is 0 Å². The second-order valence-corrected chi connectivity index (χ2v) is 5.50. The van der Waals surface area contributed by atoms with Gasteiger partial charge in [0.25, 0.3) is 0 Å². The Morgan fingerprint density at radius 2 is 1.76 bits per heavy atom. The molecule has 0 spiro atoms. The minimum absolute atomic E-state index is 0.438. The maximum Gasteiger partial charge on any atom is 0.122 e. The number of hydrogen-bond acceptors (Lipinski definition) is 3. The van der Waals surface area contributed by atoms with Gasteiger partial charge in [-0.15, -0.1) is 0 Å². The van der Waals surface area contributed by atoms with Crippen LogP contribution in [0.2, 0.25) is 0 Å². The fraction of sp³-hybridized carbons (Fsp3) is 0.333. The summed E-state index contributed by atoms with van der Waals surface area (Å²) in [5.74, 6) is 1.85. The molecule has 2 atom stereocenters. The van der Waals surface area contributed by atoms with E-state index >= 15 is 0 Å². The molecule has 1 aliphatic carbocycles. The van der Waals surface area contributed by atoms with Crippen LogP contribution in [0.5, 0.6) is 11.5 Å². The van der Waals surface area contributed by atoms with Crippen LogP contribution < -0.4 is 9.47 Å². The van der Waals surface area contributed by atoms with Crippen LogP contribution in [-0.4, -0.2) is 19.3 Å². The molecule has 0 saturated carbocycles. The lowest BCUT2D eigenvalue weighted by Crippen LogP contribution is -2.19. The van der Waals surface area contributed by atoms with E-state index in [4.69, 9.17) is 9.47 Å². The first-order chi connectivity index (χ1) is 10.2. The Bertz CT molecular complexity index is 614. The summed E-state index contributed by atoms with van der Waals surface area (Å²) < 4.78 is 10.5. The van der Waals surface area contributed by atoms with Gasteiger partial charge in [-0.25, -0.2) is 0 Å². The van der Waals surface area contributed by atoms with Crippen LogP contribution in [0.3, 0.4) is 0 Å². The predicted molar refractivity (Wildman–Crippen MR) is 82.0 cm³/mol. The molecular formula is C18H20O3. The first-order valence-corrected chi connectivity index (χ1v) is 7.20. The fourth-order valence-corrected chi connectivity index (χ4v) is 3.00. The van der Waals surface area contributed by atoms with Crippen molar-refractivity contribution in [3.63, 3.8) is 0 Å². The zero-order chi connectivity index (χ0) is 14.8. The Balaban J connectivity index is 1.76. The molecule has 1 N–H and O–H groups in total. The quantitative estimate of drug-likeness (QED) is 0.913. The highest BCUT2D eigenvalue weighted by atomic mass is 16.5. The molecule has 0 heterocycles. The summed E-state index contributed by atoms with van der Waals surface area (Å²) in [4.78, 5) is 0. The number of aliphatic hydroxyl groups is 1. The van der Waals surface area contributed by atoms with Crippen molar-refractivity contribution >= 4 is 0 Å². The van der Waals surface area contributed by atoms with Crippen molar-refractivity contribution in [3.05, 3.63) is 59.2 Å². The minimum atomic E-state index is -0.507.